The van der Waals surface area contributed by atoms with Gasteiger partial charge < -0.3 is 13.9 Å². The fourth-order valence-corrected chi connectivity index (χ4v) is 3.53. The van der Waals surface area contributed by atoms with E-state index in [1.54, 1.807) is 17.5 Å². The molecule has 7 nitrogen and oxygen atoms in total. The molecule has 0 aliphatic carbocycles. The van der Waals surface area contributed by atoms with Gasteiger partial charge in [0.1, 0.15) is 11.4 Å². The number of imidazole rings is 1. The lowest BCUT2D eigenvalue weighted by molar-refractivity contribution is -0.141. The zero-order valence-electron chi connectivity index (χ0n) is 16.9. The number of ketones is 1. The van der Waals surface area contributed by atoms with Crippen LogP contribution in [0, 0.1) is 0 Å². The number of ether oxygens (including phenoxy) is 2. The summed E-state index contributed by atoms with van der Waals surface area (Å²) in [6, 6.07) is 3.26. The first-order valence-electron chi connectivity index (χ1n) is 10.0. The van der Waals surface area contributed by atoms with E-state index in [4.69, 9.17) is 9.47 Å². The molecule has 1 fully saturated rings. The van der Waals surface area contributed by atoms with Crippen LogP contribution in [0.4, 0.5) is 13.2 Å². The number of hydrogen-bond acceptors (Lipinski definition) is 6. The minimum Gasteiger partial charge on any atom is -0.475 e. The molecule has 0 spiro atoms. The van der Waals surface area contributed by atoms with Gasteiger partial charge in [0, 0.05) is 24.9 Å². The van der Waals surface area contributed by atoms with Gasteiger partial charge >= 0.3 is 6.18 Å². The summed E-state index contributed by atoms with van der Waals surface area (Å²) < 4.78 is 51.6. The molecular formula is C21H21F3N4O3. The van der Waals surface area contributed by atoms with E-state index in [1.807, 2.05) is 6.20 Å². The van der Waals surface area contributed by atoms with Crippen LogP contribution in [0.2, 0.25) is 0 Å². The molecule has 0 saturated carbocycles. The van der Waals surface area contributed by atoms with Crippen LogP contribution in [0.25, 0.3) is 5.65 Å². The zero-order valence-corrected chi connectivity index (χ0v) is 16.9. The van der Waals surface area contributed by atoms with Gasteiger partial charge in [-0.05, 0) is 31.9 Å². The summed E-state index contributed by atoms with van der Waals surface area (Å²) in [7, 11) is 0. The quantitative estimate of drug-likeness (QED) is 0.549. The van der Waals surface area contributed by atoms with Crippen LogP contribution in [0.15, 0.2) is 30.6 Å². The Kier molecular flexibility index (Phi) is 5.90. The van der Waals surface area contributed by atoms with Gasteiger partial charge in [0.05, 0.1) is 31.0 Å². The molecule has 164 valence electrons. The minimum absolute atomic E-state index is 0.169. The average Bonchev–Trinajstić information content (AvgIpc) is 3.18. The van der Waals surface area contributed by atoms with Gasteiger partial charge in [0.2, 0.25) is 5.65 Å². The lowest BCUT2D eigenvalue weighted by Gasteiger charge is -2.19. The fourth-order valence-electron chi connectivity index (χ4n) is 3.53. The lowest BCUT2D eigenvalue weighted by Crippen LogP contribution is -2.15. The van der Waals surface area contributed by atoms with Crippen molar-refractivity contribution in [2.75, 3.05) is 19.8 Å². The summed E-state index contributed by atoms with van der Waals surface area (Å²) in [5.41, 5.74) is 0.358. The molecule has 1 aliphatic heterocycles. The van der Waals surface area contributed by atoms with Crippen LogP contribution in [0.5, 0.6) is 5.88 Å². The second kappa shape index (κ2) is 8.62. The van der Waals surface area contributed by atoms with E-state index in [0.717, 1.165) is 31.2 Å². The molecule has 10 heteroatoms. The van der Waals surface area contributed by atoms with E-state index < -0.39 is 17.7 Å². The molecule has 4 heterocycles. The maximum absolute atomic E-state index is 12.9. The van der Waals surface area contributed by atoms with Crippen molar-refractivity contribution in [1.82, 2.24) is 19.4 Å². The Bertz CT molecular complexity index is 1090. The number of Topliss-reactive ketones (excluding diaryl/α,β-unsaturated/α-hetero) is 1. The molecular weight excluding hydrogens is 413 g/mol. The van der Waals surface area contributed by atoms with Gasteiger partial charge in [0.15, 0.2) is 5.78 Å². The highest BCUT2D eigenvalue weighted by Crippen LogP contribution is 2.29. The summed E-state index contributed by atoms with van der Waals surface area (Å²) in [6.45, 7) is 3.49. The molecule has 0 amide bonds. The van der Waals surface area contributed by atoms with Gasteiger partial charge in [-0.2, -0.15) is 13.2 Å². The SMILES string of the molecule is CCOc1nc(CC(=O)c2cccc(C(F)(F)F)n2)cn2cc(C3CCCOC3)nc12. The first-order valence-corrected chi connectivity index (χ1v) is 10.0. The summed E-state index contributed by atoms with van der Waals surface area (Å²) in [6.07, 6.45) is 0.585. The molecule has 0 bridgehead atoms. The first-order chi connectivity index (χ1) is 14.8. The third-order valence-corrected chi connectivity index (χ3v) is 5.00. The number of rotatable bonds is 6. The standard InChI is InChI=1S/C21H21F3N4O3/c1-2-31-20-19-27-16(13-5-4-8-30-12-13)11-28(19)10-14(25-20)9-17(29)15-6-3-7-18(26-15)21(22,23)24/h3,6-7,10-11,13H,2,4-5,8-9,12H2,1H3. The molecule has 31 heavy (non-hydrogen) atoms. The average molecular weight is 434 g/mol. The number of carbonyl (C=O) groups excluding carboxylic acids is 1. The van der Waals surface area contributed by atoms with Crippen LogP contribution in [-0.4, -0.2) is 45.0 Å². The second-order valence-electron chi connectivity index (χ2n) is 7.29. The van der Waals surface area contributed by atoms with E-state index in [2.05, 4.69) is 15.0 Å². The van der Waals surface area contributed by atoms with Gasteiger partial charge in [-0.1, -0.05) is 6.07 Å². The highest BCUT2D eigenvalue weighted by molar-refractivity contribution is 5.95. The lowest BCUT2D eigenvalue weighted by atomic mass is 9.99. The van der Waals surface area contributed by atoms with Crippen LogP contribution in [0.3, 0.4) is 0 Å². The Balaban J connectivity index is 1.63. The number of hydrogen-bond donors (Lipinski definition) is 0. The number of alkyl halides is 3. The predicted octanol–water partition coefficient (Wildman–Crippen LogP) is 3.86. The summed E-state index contributed by atoms with van der Waals surface area (Å²) in [5, 5.41) is 0. The number of carbonyl (C=O) groups is 1. The largest absolute Gasteiger partial charge is 0.475 e. The minimum atomic E-state index is -4.62. The Morgan fingerprint density at radius 2 is 2.10 bits per heavy atom. The first kappa shape index (κ1) is 21.2. The van der Waals surface area contributed by atoms with E-state index in [0.29, 0.717) is 24.6 Å². The zero-order chi connectivity index (χ0) is 22.0. The van der Waals surface area contributed by atoms with Gasteiger partial charge in [-0.15, -0.1) is 0 Å². The molecule has 0 radical (unpaired) electrons. The van der Waals surface area contributed by atoms with Crippen molar-refractivity contribution in [2.45, 2.75) is 38.3 Å². The van der Waals surface area contributed by atoms with Crippen LogP contribution >= 0.6 is 0 Å². The number of pyridine rings is 1. The third kappa shape index (κ3) is 4.68. The fraction of sp³-hybridized carbons (Fsp3) is 0.429. The van der Waals surface area contributed by atoms with Crippen molar-refractivity contribution >= 4 is 11.4 Å². The molecule has 1 saturated heterocycles. The van der Waals surface area contributed by atoms with E-state index >= 15 is 0 Å². The second-order valence-corrected chi connectivity index (χ2v) is 7.29. The maximum Gasteiger partial charge on any atom is 0.433 e. The Morgan fingerprint density at radius 3 is 2.81 bits per heavy atom. The van der Waals surface area contributed by atoms with E-state index in [-0.39, 0.29) is 23.9 Å². The van der Waals surface area contributed by atoms with Crippen LogP contribution < -0.4 is 4.74 Å². The normalized spacial score (nSPS) is 17.1. The Labute approximate surface area is 176 Å². The van der Waals surface area contributed by atoms with Crippen molar-refractivity contribution in [3.05, 3.63) is 53.4 Å². The number of fused-ring (bicyclic) bond motifs is 1. The predicted molar refractivity (Wildman–Crippen MR) is 104 cm³/mol. The van der Waals surface area contributed by atoms with Crippen molar-refractivity contribution in [3.63, 3.8) is 0 Å². The van der Waals surface area contributed by atoms with E-state index in [1.165, 1.54) is 12.1 Å². The summed E-state index contributed by atoms with van der Waals surface area (Å²) in [4.78, 5) is 25.1. The molecule has 0 N–H and O–H groups in total. The highest BCUT2D eigenvalue weighted by atomic mass is 19.4. The Hall–Kier alpha value is -3.01. The maximum atomic E-state index is 12.9. The van der Waals surface area contributed by atoms with Crippen molar-refractivity contribution in [2.24, 2.45) is 0 Å². The molecule has 4 rings (SSSR count). The van der Waals surface area contributed by atoms with Crippen molar-refractivity contribution < 1.29 is 27.4 Å². The molecule has 3 aromatic rings. The van der Waals surface area contributed by atoms with E-state index in [9.17, 15) is 18.0 Å². The van der Waals surface area contributed by atoms with Crippen molar-refractivity contribution in [1.29, 1.82) is 0 Å². The molecule has 1 atom stereocenters. The number of aromatic nitrogens is 4. The van der Waals surface area contributed by atoms with Crippen molar-refractivity contribution in [3.8, 4) is 5.88 Å². The highest BCUT2D eigenvalue weighted by Gasteiger charge is 2.33. The van der Waals surface area contributed by atoms with Gasteiger partial charge in [-0.25, -0.2) is 15.0 Å². The Morgan fingerprint density at radius 1 is 1.26 bits per heavy atom. The molecule has 1 unspecified atom stereocenters. The summed E-state index contributed by atoms with van der Waals surface area (Å²) >= 11 is 0. The van der Waals surface area contributed by atoms with Gasteiger partial charge in [0.25, 0.3) is 5.88 Å². The molecule has 1 aliphatic rings. The molecule has 3 aromatic heterocycles. The smallest absolute Gasteiger partial charge is 0.433 e. The van der Waals surface area contributed by atoms with Crippen LogP contribution in [0.1, 0.15) is 53.3 Å². The number of nitrogens with zero attached hydrogens (tertiary/aromatic N) is 4. The summed E-state index contributed by atoms with van der Waals surface area (Å²) in [5.74, 6) is -0.128. The topological polar surface area (TPSA) is 78.6 Å². The van der Waals surface area contributed by atoms with Crippen LogP contribution in [-0.2, 0) is 17.3 Å². The number of halogens is 3. The third-order valence-electron chi connectivity index (χ3n) is 5.00. The molecule has 0 aromatic carbocycles. The van der Waals surface area contributed by atoms with Gasteiger partial charge in [-0.3, -0.25) is 4.79 Å². The monoisotopic (exact) mass is 434 g/mol.